The first-order chi connectivity index (χ1) is 13.8. The molecule has 0 saturated heterocycles. The Morgan fingerprint density at radius 1 is 1.21 bits per heavy atom. The van der Waals surface area contributed by atoms with E-state index in [1.165, 1.54) is 0 Å². The monoisotopic (exact) mass is 411 g/mol. The molecular weight excluding hydrogens is 391 g/mol. The summed E-state index contributed by atoms with van der Waals surface area (Å²) in [7, 11) is 1.57. The van der Waals surface area contributed by atoms with E-state index in [1.54, 1.807) is 24.1 Å². The zero-order valence-corrected chi connectivity index (χ0v) is 15.7. The van der Waals surface area contributed by atoms with Crippen LogP contribution in [0.5, 0.6) is 5.75 Å². The highest BCUT2D eigenvalue weighted by molar-refractivity contribution is 5.81. The maximum atomic E-state index is 12.5. The lowest BCUT2D eigenvalue weighted by Gasteiger charge is -2.22. The average Bonchev–Trinajstić information content (AvgIpc) is 3.41. The Morgan fingerprint density at radius 3 is 2.45 bits per heavy atom. The van der Waals surface area contributed by atoms with Gasteiger partial charge in [-0.1, -0.05) is 12.1 Å². The maximum Gasteiger partial charge on any atom is 0.435 e. The van der Waals surface area contributed by atoms with Gasteiger partial charge in [0.05, 0.1) is 7.11 Å². The molecule has 2 aromatic rings. The molecule has 1 saturated carbocycles. The molecule has 1 aromatic heterocycles. The van der Waals surface area contributed by atoms with Crippen molar-refractivity contribution in [3.63, 3.8) is 0 Å². The number of aromatic nitrogens is 2. The van der Waals surface area contributed by atoms with Crippen molar-refractivity contribution >= 4 is 11.9 Å². The summed E-state index contributed by atoms with van der Waals surface area (Å²) >= 11 is 0. The number of benzene rings is 1. The molecule has 29 heavy (non-hydrogen) atoms. The van der Waals surface area contributed by atoms with Crippen LogP contribution in [0, 0.1) is 0 Å². The van der Waals surface area contributed by atoms with Gasteiger partial charge in [0, 0.05) is 18.8 Å². The van der Waals surface area contributed by atoms with Crippen LogP contribution in [-0.4, -0.2) is 46.3 Å². The molecule has 1 fully saturated rings. The number of hydrogen-bond donors (Lipinski definition) is 0. The van der Waals surface area contributed by atoms with Crippen LogP contribution in [0.25, 0.3) is 0 Å². The second-order valence-electron chi connectivity index (χ2n) is 6.66. The summed E-state index contributed by atoms with van der Waals surface area (Å²) in [4.78, 5) is 26.0. The smallest absolute Gasteiger partial charge is 0.435 e. The van der Waals surface area contributed by atoms with Crippen molar-refractivity contribution in [3.8, 4) is 5.75 Å². The number of ether oxygens (including phenoxy) is 2. The molecule has 0 unspecified atom stereocenters. The molecule has 1 aromatic carbocycles. The van der Waals surface area contributed by atoms with Crippen molar-refractivity contribution < 1.29 is 32.2 Å². The Kier molecular flexibility index (Phi) is 6.09. The maximum absolute atomic E-state index is 12.5. The van der Waals surface area contributed by atoms with E-state index in [9.17, 15) is 22.8 Å². The van der Waals surface area contributed by atoms with Gasteiger partial charge in [-0.2, -0.15) is 18.3 Å². The summed E-state index contributed by atoms with van der Waals surface area (Å²) in [6, 6.07) is 8.16. The second-order valence-corrected chi connectivity index (χ2v) is 6.66. The fourth-order valence-electron chi connectivity index (χ4n) is 2.74. The lowest BCUT2D eigenvalue weighted by atomic mass is 10.2. The van der Waals surface area contributed by atoms with Crippen molar-refractivity contribution in [2.75, 3.05) is 13.7 Å². The lowest BCUT2D eigenvalue weighted by Crippen LogP contribution is -2.36. The molecule has 1 amide bonds. The van der Waals surface area contributed by atoms with Crippen LogP contribution < -0.4 is 4.74 Å². The Labute approximate surface area is 165 Å². The van der Waals surface area contributed by atoms with Gasteiger partial charge in [0.2, 0.25) is 0 Å². The molecule has 0 aliphatic heterocycles. The molecule has 0 bridgehead atoms. The van der Waals surface area contributed by atoms with Gasteiger partial charge < -0.3 is 14.4 Å². The highest BCUT2D eigenvalue weighted by atomic mass is 19.4. The predicted molar refractivity (Wildman–Crippen MR) is 94.8 cm³/mol. The van der Waals surface area contributed by atoms with Gasteiger partial charge in [0.15, 0.2) is 12.3 Å². The van der Waals surface area contributed by atoms with E-state index in [0.717, 1.165) is 35.4 Å². The molecule has 7 nitrogen and oxygen atoms in total. The Morgan fingerprint density at radius 2 is 1.90 bits per heavy atom. The standard InChI is InChI=1S/C19H20F3N3O4/c1-28-15-6-2-13(3-7-15)10-25(14-4-5-14)17(26)12-29-18(27)11-24-9-8-16(23-24)19(20,21)22/h2-3,6-9,14H,4-5,10-12H2,1H3. The molecule has 0 spiro atoms. The van der Waals surface area contributed by atoms with Crippen LogP contribution in [0.15, 0.2) is 36.5 Å². The van der Waals surface area contributed by atoms with E-state index >= 15 is 0 Å². The third-order valence-corrected chi connectivity index (χ3v) is 4.40. The molecule has 0 N–H and O–H groups in total. The molecule has 3 rings (SSSR count). The van der Waals surface area contributed by atoms with Crippen molar-refractivity contribution in [1.82, 2.24) is 14.7 Å². The van der Waals surface area contributed by atoms with E-state index < -0.39 is 31.0 Å². The molecule has 1 aliphatic carbocycles. The summed E-state index contributed by atoms with van der Waals surface area (Å²) in [6.45, 7) is -0.608. The minimum absolute atomic E-state index is 0.101. The van der Waals surface area contributed by atoms with Gasteiger partial charge in [-0.3, -0.25) is 14.3 Å². The fourth-order valence-corrected chi connectivity index (χ4v) is 2.74. The molecule has 1 aliphatic rings. The second kappa shape index (κ2) is 8.54. The zero-order chi connectivity index (χ0) is 21.0. The Bertz CT molecular complexity index is 860. The third-order valence-electron chi connectivity index (χ3n) is 4.40. The number of alkyl halides is 3. The van der Waals surface area contributed by atoms with E-state index in [4.69, 9.17) is 9.47 Å². The minimum Gasteiger partial charge on any atom is -0.497 e. The van der Waals surface area contributed by atoms with E-state index in [0.29, 0.717) is 12.3 Å². The topological polar surface area (TPSA) is 73.7 Å². The summed E-state index contributed by atoms with van der Waals surface area (Å²) in [6.07, 6.45) is -1.80. The first-order valence-corrected chi connectivity index (χ1v) is 8.95. The van der Waals surface area contributed by atoms with Gasteiger partial charge in [-0.25, -0.2) is 0 Å². The minimum atomic E-state index is -4.59. The zero-order valence-electron chi connectivity index (χ0n) is 15.7. The third kappa shape index (κ3) is 5.72. The lowest BCUT2D eigenvalue weighted by molar-refractivity contribution is -0.153. The van der Waals surface area contributed by atoms with Gasteiger partial charge in [0.25, 0.3) is 5.91 Å². The number of amides is 1. The van der Waals surface area contributed by atoms with Crippen molar-refractivity contribution in [1.29, 1.82) is 0 Å². The highest BCUT2D eigenvalue weighted by Gasteiger charge is 2.34. The Balaban J connectivity index is 1.52. The van der Waals surface area contributed by atoms with Crippen LogP contribution >= 0.6 is 0 Å². The number of methoxy groups -OCH3 is 1. The average molecular weight is 411 g/mol. The van der Waals surface area contributed by atoms with Crippen molar-refractivity contribution in [2.24, 2.45) is 0 Å². The molecular formula is C19H20F3N3O4. The quantitative estimate of drug-likeness (QED) is 0.625. The highest BCUT2D eigenvalue weighted by Crippen LogP contribution is 2.29. The van der Waals surface area contributed by atoms with E-state index in [1.807, 2.05) is 12.1 Å². The van der Waals surface area contributed by atoms with Gasteiger partial charge in [-0.15, -0.1) is 0 Å². The molecule has 0 radical (unpaired) electrons. The van der Waals surface area contributed by atoms with E-state index in [-0.39, 0.29) is 11.9 Å². The number of nitrogens with zero attached hydrogens (tertiary/aromatic N) is 3. The number of hydrogen-bond acceptors (Lipinski definition) is 5. The first-order valence-electron chi connectivity index (χ1n) is 8.95. The normalized spacial score (nSPS) is 13.8. The van der Waals surface area contributed by atoms with Crippen LogP contribution in [-0.2, 0) is 33.6 Å². The summed E-state index contributed by atoms with van der Waals surface area (Å²) in [5, 5.41) is 3.28. The van der Waals surface area contributed by atoms with Crippen LogP contribution in [0.4, 0.5) is 13.2 Å². The number of halogens is 3. The Hall–Kier alpha value is -3.04. The van der Waals surface area contributed by atoms with Gasteiger partial charge in [0.1, 0.15) is 12.3 Å². The molecule has 156 valence electrons. The number of esters is 1. The van der Waals surface area contributed by atoms with Crippen LogP contribution in [0.3, 0.4) is 0 Å². The van der Waals surface area contributed by atoms with Gasteiger partial charge in [-0.05, 0) is 36.6 Å². The fraction of sp³-hybridized carbons (Fsp3) is 0.421. The number of rotatable bonds is 8. The first kappa shape index (κ1) is 20.7. The van der Waals surface area contributed by atoms with Crippen molar-refractivity contribution in [2.45, 2.75) is 38.1 Å². The molecule has 0 atom stereocenters. The van der Waals surface area contributed by atoms with Gasteiger partial charge >= 0.3 is 12.1 Å². The number of carbonyl (C=O) groups excluding carboxylic acids is 2. The SMILES string of the molecule is COc1ccc(CN(C(=O)COC(=O)Cn2ccc(C(F)(F)F)n2)C2CC2)cc1. The molecule has 1 heterocycles. The summed E-state index contributed by atoms with van der Waals surface area (Å²) in [5.74, 6) is -0.484. The van der Waals surface area contributed by atoms with Crippen LogP contribution in [0.2, 0.25) is 0 Å². The van der Waals surface area contributed by atoms with Crippen molar-refractivity contribution in [3.05, 3.63) is 47.8 Å². The predicted octanol–water partition coefficient (Wildman–Crippen LogP) is 2.64. The van der Waals surface area contributed by atoms with E-state index in [2.05, 4.69) is 5.10 Å². The van der Waals surface area contributed by atoms with Crippen LogP contribution in [0.1, 0.15) is 24.1 Å². The number of carbonyl (C=O) groups is 2. The summed E-state index contributed by atoms with van der Waals surface area (Å²) < 4.78 is 48.5. The largest absolute Gasteiger partial charge is 0.497 e. The summed E-state index contributed by atoms with van der Waals surface area (Å²) in [5.41, 5.74) is -0.186. The molecule has 10 heteroatoms.